The Kier molecular flexibility index (Phi) is 5.73. The van der Waals surface area contributed by atoms with Crippen LogP contribution in [0.2, 0.25) is 0 Å². The van der Waals surface area contributed by atoms with Gasteiger partial charge in [0.2, 0.25) is 0 Å². The fraction of sp³-hybridized carbons (Fsp3) is 0.556. The molecule has 2 heterocycles. The maximum absolute atomic E-state index is 5.65. The van der Waals surface area contributed by atoms with Crippen LogP contribution in [0.1, 0.15) is 32.1 Å². The molecule has 2 N–H and O–H groups in total. The van der Waals surface area contributed by atoms with Crippen LogP contribution < -0.4 is 10.6 Å². The third-order valence-corrected chi connectivity index (χ3v) is 4.48. The van der Waals surface area contributed by atoms with Crippen molar-refractivity contribution in [3.05, 3.63) is 48.3 Å². The maximum atomic E-state index is 5.65. The minimum absolute atomic E-state index is 0.185. The number of hydrogen-bond acceptors (Lipinski definition) is 4. The number of hydrogen-bond donors (Lipinski definition) is 2. The third kappa shape index (κ3) is 4.49. The van der Waals surface area contributed by atoms with E-state index in [-0.39, 0.29) is 6.04 Å². The average Bonchev–Trinajstić information content (AvgIpc) is 2.61. The zero-order valence-electron chi connectivity index (χ0n) is 13.1. The lowest BCUT2D eigenvalue weighted by Gasteiger charge is -2.28. The Morgan fingerprint density at radius 1 is 1.36 bits per heavy atom. The van der Waals surface area contributed by atoms with Crippen molar-refractivity contribution < 1.29 is 9.47 Å². The van der Waals surface area contributed by atoms with Crippen LogP contribution >= 0.6 is 0 Å². The van der Waals surface area contributed by atoms with Gasteiger partial charge >= 0.3 is 0 Å². The second kappa shape index (κ2) is 8.20. The summed E-state index contributed by atoms with van der Waals surface area (Å²) in [7, 11) is 0. The van der Waals surface area contributed by atoms with E-state index in [0.29, 0.717) is 5.92 Å². The van der Waals surface area contributed by atoms with Crippen LogP contribution in [-0.2, 0) is 9.47 Å². The summed E-state index contributed by atoms with van der Waals surface area (Å²) in [4.78, 5) is 0. The highest BCUT2D eigenvalue weighted by molar-refractivity contribution is 5.21. The normalized spacial score (nSPS) is 25.7. The first kappa shape index (κ1) is 15.4. The van der Waals surface area contributed by atoms with Gasteiger partial charge in [0.05, 0.1) is 6.04 Å². The van der Waals surface area contributed by atoms with E-state index in [0.717, 1.165) is 44.7 Å². The fourth-order valence-electron chi connectivity index (χ4n) is 3.20. The number of ether oxygens (including phenoxy) is 2. The van der Waals surface area contributed by atoms with Gasteiger partial charge in [0, 0.05) is 0 Å². The van der Waals surface area contributed by atoms with Gasteiger partial charge in [-0.3, -0.25) is 0 Å². The molecule has 120 valence electrons. The zero-order chi connectivity index (χ0) is 15.0. The topological polar surface area (TPSA) is 42.5 Å². The van der Waals surface area contributed by atoms with Crippen LogP contribution in [0.3, 0.4) is 0 Å². The molecule has 0 spiro atoms. The van der Waals surface area contributed by atoms with Gasteiger partial charge in [0.15, 0.2) is 5.76 Å². The summed E-state index contributed by atoms with van der Waals surface area (Å²) < 4.78 is 10.9. The van der Waals surface area contributed by atoms with E-state index in [1.807, 2.05) is 0 Å². The second-order valence-corrected chi connectivity index (χ2v) is 6.22. The van der Waals surface area contributed by atoms with Crippen LogP contribution in [0.4, 0.5) is 0 Å². The Labute approximate surface area is 132 Å². The number of piperidine rings is 1. The maximum Gasteiger partial charge on any atom is 0.155 e. The molecule has 22 heavy (non-hydrogen) atoms. The van der Waals surface area contributed by atoms with Gasteiger partial charge in [0.1, 0.15) is 18.8 Å². The van der Waals surface area contributed by atoms with Crippen molar-refractivity contribution in [2.24, 2.45) is 5.92 Å². The zero-order valence-corrected chi connectivity index (χ0v) is 13.1. The van der Waals surface area contributed by atoms with Gasteiger partial charge in [-0.05, 0) is 57.7 Å². The van der Waals surface area contributed by atoms with Crippen LogP contribution in [0.15, 0.2) is 48.3 Å². The van der Waals surface area contributed by atoms with Gasteiger partial charge < -0.3 is 20.1 Å². The molecule has 1 fully saturated rings. The van der Waals surface area contributed by atoms with Crippen molar-refractivity contribution in [2.45, 2.75) is 38.1 Å². The number of nitrogens with one attached hydrogen (secondary N) is 2. The summed E-state index contributed by atoms with van der Waals surface area (Å²) in [6, 6.07) is 0.185. The molecule has 0 aromatic rings. The van der Waals surface area contributed by atoms with Gasteiger partial charge in [-0.25, -0.2) is 0 Å². The SMILES string of the molecule is C1=CCCC(CC(NCC2CCCNC2)C2=COC=CO2)=C1. The van der Waals surface area contributed by atoms with Crippen molar-refractivity contribution in [1.82, 2.24) is 10.6 Å². The Balaban J connectivity index is 1.58. The van der Waals surface area contributed by atoms with E-state index < -0.39 is 0 Å². The highest BCUT2D eigenvalue weighted by Gasteiger charge is 2.21. The monoisotopic (exact) mass is 302 g/mol. The molecule has 0 saturated carbocycles. The first-order valence-corrected chi connectivity index (χ1v) is 8.37. The van der Waals surface area contributed by atoms with Crippen LogP contribution in [0.25, 0.3) is 0 Å². The Hall–Kier alpha value is -1.52. The molecule has 3 aliphatic rings. The summed E-state index contributed by atoms with van der Waals surface area (Å²) in [6.45, 7) is 3.29. The predicted molar refractivity (Wildman–Crippen MR) is 87.9 cm³/mol. The van der Waals surface area contributed by atoms with Gasteiger partial charge in [-0.15, -0.1) is 0 Å². The summed E-state index contributed by atoms with van der Waals surface area (Å²) in [5, 5.41) is 7.17. The van der Waals surface area contributed by atoms with Gasteiger partial charge in [-0.1, -0.05) is 23.8 Å². The molecule has 1 aliphatic carbocycles. The van der Waals surface area contributed by atoms with Crippen LogP contribution in [0, 0.1) is 5.92 Å². The van der Waals surface area contributed by atoms with Gasteiger partial charge in [0.25, 0.3) is 0 Å². The van der Waals surface area contributed by atoms with Crippen molar-refractivity contribution >= 4 is 0 Å². The smallest absolute Gasteiger partial charge is 0.155 e. The first-order chi connectivity index (χ1) is 10.9. The summed E-state index contributed by atoms with van der Waals surface area (Å²) in [5.41, 5.74) is 1.47. The molecule has 2 unspecified atom stereocenters. The molecular formula is C18H26N2O2. The van der Waals surface area contributed by atoms with Crippen molar-refractivity contribution in [3.63, 3.8) is 0 Å². The summed E-state index contributed by atoms with van der Waals surface area (Å²) in [5.74, 6) is 1.58. The molecule has 4 nitrogen and oxygen atoms in total. The minimum atomic E-state index is 0.185. The molecule has 2 aliphatic heterocycles. The standard InChI is InChI=1S/C18H26N2O2/c1-2-5-15(6-3-1)11-17(18-14-21-9-10-22-18)20-13-16-7-4-8-19-12-16/h1-2,5,9-10,14,16-17,19-20H,3-4,6-8,11-13H2. The second-order valence-electron chi connectivity index (χ2n) is 6.22. The van der Waals surface area contributed by atoms with E-state index >= 15 is 0 Å². The third-order valence-electron chi connectivity index (χ3n) is 4.48. The first-order valence-electron chi connectivity index (χ1n) is 8.37. The molecule has 3 rings (SSSR count). The van der Waals surface area contributed by atoms with E-state index in [1.165, 1.54) is 18.4 Å². The minimum Gasteiger partial charge on any atom is -0.466 e. The largest absolute Gasteiger partial charge is 0.466 e. The molecule has 0 bridgehead atoms. The fourth-order valence-corrected chi connectivity index (χ4v) is 3.20. The van der Waals surface area contributed by atoms with Crippen molar-refractivity contribution in [2.75, 3.05) is 19.6 Å². The van der Waals surface area contributed by atoms with Crippen LogP contribution in [0.5, 0.6) is 0 Å². The highest BCUT2D eigenvalue weighted by Crippen LogP contribution is 2.23. The lowest BCUT2D eigenvalue weighted by Crippen LogP contribution is -2.41. The van der Waals surface area contributed by atoms with Gasteiger partial charge in [-0.2, -0.15) is 0 Å². The van der Waals surface area contributed by atoms with E-state index in [1.54, 1.807) is 18.8 Å². The summed E-state index contributed by atoms with van der Waals surface area (Å²) in [6.07, 6.45) is 17.4. The molecule has 0 aromatic heterocycles. The Morgan fingerprint density at radius 3 is 3.09 bits per heavy atom. The molecule has 0 amide bonds. The molecule has 0 radical (unpaired) electrons. The van der Waals surface area contributed by atoms with E-state index in [4.69, 9.17) is 9.47 Å². The van der Waals surface area contributed by atoms with E-state index in [9.17, 15) is 0 Å². The molecule has 0 aromatic carbocycles. The lowest BCUT2D eigenvalue weighted by atomic mass is 9.95. The van der Waals surface area contributed by atoms with Crippen molar-refractivity contribution in [1.29, 1.82) is 0 Å². The van der Waals surface area contributed by atoms with Crippen molar-refractivity contribution in [3.8, 4) is 0 Å². The molecule has 1 saturated heterocycles. The predicted octanol–water partition coefficient (Wildman–Crippen LogP) is 2.97. The Bertz CT molecular complexity index is 473. The molecular weight excluding hydrogens is 276 g/mol. The number of rotatable bonds is 6. The van der Waals surface area contributed by atoms with E-state index in [2.05, 4.69) is 28.9 Å². The molecule has 2 atom stereocenters. The highest BCUT2D eigenvalue weighted by atomic mass is 16.5. The molecule has 4 heteroatoms. The quantitative estimate of drug-likeness (QED) is 0.791. The average molecular weight is 302 g/mol. The summed E-state index contributed by atoms with van der Waals surface area (Å²) >= 11 is 0. The lowest BCUT2D eigenvalue weighted by molar-refractivity contribution is 0.220. The number of allylic oxidation sites excluding steroid dienone is 3. The van der Waals surface area contributed by atoms with Crippen LogP contribution in [-0.4, -0.2) is 25.7 Å². The Morgan fingerprint density at radius 2 is 2.36 bits per heavy atom.